The van der Waals surface area contributed by atoms with Gasteiger partial charge in [0, 0.05) is 44.8 Å². The van der Waals surface area contributed by atoms with Gasteiger partial charge in [0.25, 0.3) is 0 Å². The minimum absolute atomic E-state index is 0.286. The molecule has 4 aromatic rings. The third-order valence-electron chi connectivity index (χ3n) is 7.56. The molecule has 1 fully saturated rings. The molecule has 0 bridgehead atoms. The first-order valence-electron chi connectivity index (χ1n) is 13.2. The van der Waals surface area contributed by atoms with E-state index < -0.39 is 0 Å². The molecular formula is C29H35N7. The second kappa shape index (κ2) is 9.90. The Labute approximate surface area is 213 Å². The number of piperidine rings is 1. The van der Waals surface area contributed by atoms with Crippen LogP contribution in [0.4, 0.5) is 11.8 Å². The zero-order valence-electron chi connectivity index (χ0n) is 21.3. The molecule has 0 unspecified atom stereocenters. The Balaban J connectivity index is 1.23. The van der Waals surface area contributed by atoms with E-state index in [1.165, 1.54) is 16.7 Å². The maximum absolute atomic E-state index is 5.07. The van der Waals surface area contributed by atoms with E-state index in [2.05, 4.69) is 88.1 Å². The van der Waals surface area contributed by atoms with Gasteiger partial charge in [-0.1, -0.05) is 54.6 Å². The van der Waals surface area contributed by atoms with Crippen LogP contribution in [0.5, 0.6) is 0 Å². The number of nitrogens with zero attached hydrogens (tertiary/aromatic N) is 6. The summed E-state index contributed by atoms with van der Waals surface area (Å²) in [4.78, 5) is 19.7. The quantitative estimate of drug-likeness (QED) is 0.416. The van der Waals surface area contributed by atoms with Crippen LogP contribution < -0.4 is 10.2 Å². The van der Waals surface area contributed by atoms with E-state index >= 15 is 0 Å². The fourth-order valence-electron chi connectivity index (χ4n) is 5.46. The van der Waals surface area contributed by atoms with Gasteiger partial charge in [-0.2, -0.15) is 9.97 Å². The summed E-state index contributed by atoms with van der Waals surface area (Å²) in [5, 5.41) is 3.78. The van der Waals surface area contributed by atoms with E-state index in [0.29, 0.717) is 6.04 Å². The number of rotatable bonds is 6. The van der Waals surface area contributed by atoms with Crippen molar-refractivity contribution in [3.63, 3.8) is 0 Å². The maximum Gasteiger partial charge on any atom is 0.229 e. The molecule has 0 amide bonds. The number of hydrogen-bond acceptors (Lipinski definition) is 6. The van der Waals surface area contributed by atoms with Crippen LogP contribution in [-0.2, 0) is 19.5 Å². The van der Waals surface area contributed by atoms with Crippen LogP contribution in [0.3, 0.4) is 0 Å². The first-order valence-corrected chi connectivity index (χ1v) is 13.2. The minimum Gasteiger partial charge on any atom is -0.365 e. The average Bonchev–Trinajstić information content (AvgIpc) is 3.35. The highest BCUT2D eigenvalue weighted by atomic mass is 15.3. The van der Waals surface area contributed by atoms with Crippen LogP contribution in [0.15, 0.2) is 60.9 Å². The van der Waals surface area contributed by atoms with E-state index in [1.54, 1.807) is 0 Å². The summed E-state index contributed by atoms with van der Waals surface area (Å²) < 4.78 is 2.16. The van der Waals surface area contributed by atoms with Crippen molar-refractivity contribution in [2.75, 3.05) is 29.9 Å². The van der Waals surface area contributed by atoms with Crippen molar-refractivity contribution < 1.29 is 0 Å². The van der Waals surface area contributed by atoms with Gasteiger partial charge in [0.05, 0.1) is 6.33 Å². The molecule has 0 saturated carbocycles. The normalized spacial score (nSPS) is 17.0. The minimum atomic E-state index is 0.286. The third-order valence-corrected chi connectivity index (χ3v) is 7.56. The van der Waals surface area contributed by atoms with Crippen LogP contribution in [-0.4, -0.2) is 50.1 Å². The summed E-state index contributed by atoms with van der Waals surface area (Å²) in [6.07, 6.45) is 5.11. The SMILES string of the molecule is CC(C)n1cnc2c(NC3CCN(Cc4ccccc4)CC3)nc(N3CCc4ccccc4C3)nc21. The molecule has 2 aliphatic heterocycles. The first-order chi connectivity index (χ1) is 17.6. The van der Waals surface area contributed by atoms with Gasteiger partial charge in [0.2, 0.25) is 5.95 Å². The molecule has 2 aromatic heterocycles. The van der Waals surface area contributed by atoms with Crippen LogP contribution in [0.25, 0.3) is 11.2 Å². The average molecular weight is 482 g/mol. The molecule has 36 heavy (non-hydrogen) atoms. The number of aromatic nitrogens is 4. The van der Waals surface area contributed by atoms with Crippen LogP contribution in [0.1, 0.15) is 49.4 Å². The molecule has 7 nitrogen and oxygen atoms in total. The van der Waals surface area contributed by atoms with Crippen molar-refractivity contribution >= 4 is 22.9 Å². The number of hydrogen-bond donors (Lipinski definition) is 1. The summed E-state index contributed by atoms with van der Waals surface area (Å²) in [5.41, 5.74) is 5.97. The Morgan fingerprint density at radius 3 is 2.44 bits per heavy atom. The monoisotopic (exact) mass is 481 g/mol. The van der Waals surface area contributed by atoms with Gasteiger partial charge in [0.1, 0.15) is 0 Å². The number of fused-ring (bicyclic) bond motifs is 2. The highest BCUT2D eigenvalue weighted by Crippen LogP contribution is 2.29. The number of nitrogens with one attached hydrogen (secondary N) is 1. The smallest absolute Gasteiger partial charge is 0.229 e. The van der Waals surface area contributed by atoms with Gasteiger partial charge in [-0.25, -0.2) is 4.98 Å². The molecule has 0 atom stereocenters. The Bertz CT molecular complexity index is 1320. The van der Waals surface area contributed by atoms with Gasteiger partial charge in [0.15, 0.2) is 17.0 Å². The van der Waals surface area contributed by atoms with E-state index in [4.69, 9.17) is 15.0 Å². The second-order valence-electron chi connectivity index (χ2n) is 10.4. The molecule has 2 aromatic carbocycles. The molecule has 7 heteroatoms. The van der Waals surface area contributed by atoms with Crippen molar-refractivity contribution in [1.29, 1.82) is 0 Å². The molecular weight excluding hydrogens is 446 g/mol. The molecule has 6 rings (SSSR count). The molecule has 4 heterocycles. The number of imidazole rings is 1. The van der Waals surface area contributed by atoms with Crippen molar-refractivity contribution in [1.82, 2.24) is 24.4 Å². The van der Waals surface area contributed by atoms with Gasteiger partial charge in [-0.15, -0.1) is 0 Å². The van der Waals surface area contributed by atoms with Gasteiger partial charge in [-0.3, -0.25) is 4.90 Å². The predicted molar refractivity (Wildman–Crippen MR) is 145 cm³/mol. The first kappa shape index (κ1) is 23.0. The molecule has 0 radical (unpaired) electrons. The molecule has 0 aliphatic carbocycles. The Morgan fingerprint density at radius 1 is 0.917 bits per heavy atom. The Morgan fingerprint density at radius 2 is 1.67 bits per heavy atom. The van der Waals surface area contributed by atoms with Crippen molar-refractivity contribution in [3.05, 3.63) is 77.6 Å². The zero-order valence-corrected chi connectivity index (χ0v) is 21.3. The molecule has 1 saturated heterocycles. The third kappa shape index (κ3) is 4.67. The topological polar surface area (TPSA) is 62.1 Å². The van der Waals surface area contributed by atoms with Gasteiger partial charge in [-0.05, 0) is 49.8 Å². The predicted octanol–water partition coefficient (Wildman–Crippen LogP) is 5.05. The Hall–Kier alpha value is -3.45. The number of anilines is 2. The van der Waals surface area contributed by atoms with Crippen molar-refractivity contribution in [3.8, 4) is 0 Å². The lowest BCUT2D eigenvalue weighted by molar-refractivity contribution is 0.211. The standard InChI is InChI=1S/C29H35N7/c1-21(2)36-20-30-26-27(31-25-13-15-34(16-14-25)18-22-8-4-3-5-9-22)32-29(33-28(26)36)35-17-12-23-10-6-7-11-24(23)19-35/h3-11,20-21,25H,12-19H2,1-2H3,(H,31,32,33). The molecule has 2 aliphatic rings. The van der Waals surface area contributed by atoms with Crippen molar-refractivity contribution in [2.45, 2.75) is 58.3 Å². The zero-order chi connectivity index (χ0) is 24.5. The number of likely N-dealkylation sites (tertiary alicyclic amines) is 1. The van der Waals surface area contributed by atoms with Crippen LogP contribution in [0.2, 0.25) is 0 Å². The van der Waals surface area contributed by atoms with Gasteiger partial charge < -0.3 is 14.8 Å². The summed E-state index contributed by atoms with van der Waals surface area (Å²) in [6.45, 7) is 9.30. The molecule has 1 N–H and O–H groups in total. The van der Waals surface area contributed by atoms with E-state index in [1.807, 2.05) is 6.33 Å². The van der Waals surface area contributed by atoms with E-state index in [-0.39, 0.29) is 6.04 Å². The highest BCUT2D eigenvalue weighted by Gasteiger charge is 2.25. The highest BCUT2D eigenvalue weighted by molar-refractivity contribution is 5.84. The lowest BCUT2D eigenvalue weighted by Gasteiger charge is -2.33. The molecule has 186 valence electrons. The summed E-state index contributed by atoms with van der Waals surface area (Å²) >= 11 is 0. The van der Waals surface area contributed by atoms with E-state index in [0.717, 1.165) is 74.9 Å². The van der Waals surface area contributed by atoms with Gasteiger partial charge >= 0.3 is 0 Å². The molecule has 0 spiro atoms. The van der Waals surface area contributed by atoms with Crippen LogP contribution >= 0.6 is 0 Å². The fourth-order valence-corrected chi connectivity index (χ4v) is 5.46. The van der Waals surface area contributed by atoms with Crippen molar-refractivity contribution in [2.24, 2.45) is 0 Å². The summed E-state index contributed by atoms with van der Waals surface area (Å²) in [7, 11) is 0. The lowest BCUT2D eigenvalue weighted by Crippen LogP contribution is -2.39. The summed E-state index contributed by atoms with van der Waals surface area (Å²) in [6, 6.07) is 20.1. The van der Waals surface area contributed by atoms with Crippen LogP contribution in [0, 0.1) is 0 Å². The van der Waals surface area contributed by atoms with E-state index in [9.17, 15) is 0 Å². The fraction of sp³-hybridized carbons (Fsp3) is 0.414. The largest absolute Gasteiger partial charge is 0.365 e. The maximum atomic E-state index is 5.07. The lowest BCUT2D eigenvalue weighted by atomic mass is 10.0. The summed E-state index contributed by atoms with van der Waals surface area (Å²) in [5.74, 6) is 1.66. The number of benzene rings is 2. The second-order valence-corrected chi connectivity index (χ2v) is 10.4. The Kier molecular flexibility index (Phi) is 6.32.